The van der Waals surface area contributed by atoms with Gasteiger partial charge in [-0.15, -0.1) is 5.10 Å². The number of alkyl halides is 1. The van der Waals surface area contributed by atoms with Crippen LogP contribution in [0.1, 0.15) is 11.4 Å². The largest absolute Gasteiger partial charge is 0.463 e. The Kier molecular flexibility index (Phi) is 6.17. The number of piperazine rings is 1. The van der Waals surface area contributed by atoms with Crippen LogP contribution in [0.25, 0.3) is 23.1 Å². The van der Waals surface area contributed by atoms with Gasteiger partial charge in [0.15, 0.2) is 0 Å². The number of hydrogen-bond donors (Lipinski definition) is 0. The Morgan fingerprint density at radius 2 is 1.82 bits per heavy atom. The van der Waals surface area contributed by atoms with Gasteiger partial charge in [-0.1, -0.05) is 5.16 Å². The summed E-state index contributed by atoms with van der Waals surface area (Å²) in [5.74, 6) is 3.13. The molecule has 4 heterocycles. The van der Waals surface area contributed by atoms with E-state index in [2.05, 4.69) is 48.1 Å². The molecule has 0 radical (unpaired) electrons. The lowest BCUT2D eigenvalue weighted by Gasteiger charge is -2.33. The van der Waals surface area contributed by atoms with E-state index in [4.69, 9.17) is 9.26 Å². The molecule has 10 nitrogen and oxygen atoms in total. The molecule has 34 heavy (non-hydrogen) atoms. The molecular formula is C23H25FN8O2. The van der Waals surface area contributed by atoms with Gasteiger partial charge in [0.05, 0.1) is 6.54 Å². The van der Waals surface area contributed by atoms with Crippen LogP contribution in [0.2, 0.25) is 0 Å². The minimum Gasteiger partial charge on any atom is -0.463 e. The fourth-order valence-electron chi connectivity index (χ4n) is 3.80. The van der Waals surface area contributed by atoms with Crippen molar-refractivity contribution in [3.8, 4) is 28.9 Å². The summed E-state index contributed by atoms with van der Waals surface area (Å²) in [5, 5.41) is 8.60. The van der Waals surface area contributed by atoms with Crippen molar-refractivity contribution in [3.05, 3.63) is 54.0 Å². The lowest BCUT2D eigenvalue weighted by molar-refractivity contribution is 0.192. The van der Waals surface area contributed by atoms with Crippen molar-refractivity contribution in [2.24, 2.45) is 0 Å². The van der Waals surface area contributed by atoms with Gasteiger partial charge < -0.3 is 19.1 Å². The summed E-state index contributed by atoms with van der Waals surface area (Å²) >= 11 is 0. The normalized spacial score (nSPS) is 14.5. The minimum absolute atomic E-state index is 0.230. The summed E-state index contributed by atoms with van der Waals surface area (Å²) in [4.78, 5) is 18.1. The molecule has 3 aromatic heterocycles. The van der Waals surface area contributed by atoms with Gasteiger partial charge in [-0.2, -0.15) is 4.98 Å². The third-order valence-electron chi connectivity index (χ3n) is 5.78. The molecule has 0 spiro atoms. The van der Waals surface area contributed by atoms with Crippen LogP contribution in [0, 0.1) is 6.92 Å². The topological polar surface area (TPSA) is 98.2 Å². The molecule has 4 aromatic rings. The van der Waals surface area contributed by atoms with Crippen LogP contribution < -0.4 is 9.64 Å². The Morgan fingerprint density at radius 1 is 1.03 bits per heavy atom. The molecule has 0 aliphatic carbocycles. The quantitative estimate of drug-likeness (QED) is 0.409. The van der Waals surface area contributed by atoms with Crippen LogP contribution in [-0.2, 0) is 6.54 Å². The highest BCUT2D eigenvalue weighted by Gasteiger charge is 2.18. The van der Waals surface area contributed by atoms with Gasteiger partial charge in [0.2, 0.25) is 18.5 Å². The Morgan fingerprint density at radius 3 is 2.59 bits per heavy atom. The summed E-state index contributed by atoms with van der Waals surface area (Å²) in [6.45, 7) is 5.54. The summed E-state index contributed by atoms with van der Waals surface area (Å²) in [7, 11) is 2.14. The van der Waals surface area contributed by atoms with Crippen molar-refractivity contribution in [2.45, 2.75) is 13.5 Å². The Bertz CT molecular complexity index is 1250. The Balaban J connectivity index is 1.31. The molecule has 0 saturated carbocycles. The average Bonchev–Trinajstić information content (AvgIpc) is 3.48. The van der Waals surface area contributed by atoms with Crippen LogP contribution in [0.5, 0.6) is 5.75 Å². The fourth-order valence-corrected chi connectivity index (χ4v) is 3.80. The zero-order valence-corrected chi connectivity index (χ0v) is 19.1. The molecule has 0 N–H and O–H groups in total. The molecule has 1 saturated heterocycles. The van der Waals surface area contributed by atoms with Gasteiger partial charge >= 0.3 is 0 Å². The maximum Gasteiger partial charge on any atom is 0.297 e. The fraction of sp³-hybridized carbons (Fsp3) is 0.348. The number of hydrogen-bond acceptors (Lipinski definition) is 9. The number of likely N-dealkylation sites (N-methyl/N-ethyl adjacent to an activating group) is 1. The molecule has 1 fully saturated rings. The standard InChI is InChI=1S/C23H25FN8O2/c1-16-26-22(23-27-21(29-34-23)18-3-5-19(6-4-18)33-15-24)28-32(16)14-17-7-8-25-20(13-17)31-11-9-30(2)10-12-31/h3-8,13H,9-12,14-15H2,1-2H3. The van der Waals surface area contributed by atoms with Crippen LogP contribution in [0.15, 0.2) is 47.1 Å². The first-order valence-electron chi connectivity index (χ1n) is 11.0. The van der Waals surface area contributed by atoms with E-state index in [-0.39, 0.29) is 5.89 Å². The average molecular weight is 465 g/mol. The molecule has 0 bridgehead atoms. The van der Waals surface area contributed by atoms with E-state index in [1.54, 1.807) is 24.3 Å². The summed E-state index contributed by atoms with van der Waals surface area (Å²) in [6.07, 6.45) is 1.84. The van der Waals surface area contributed by atoms with Gasteiger partial charge in [0.1, 0.15) is 17.4 Å². The van der Waals surface area contributed by atoms with E-state index >= 15 is 0 Å². The van der Waals surface area contributed by atoms with E-state index in [1.165, 1.54) is 0 Å². The van der Waals surface area contributed by atoms with Crippen molar-refractivity contribution < 1.29 is 13.7 Å². The second-order valence-electron chi connectivity index (χ2n) is 8.15. The lowest BCUT2D eigenvalue weighted by atomic mass is 10.2. The molecule has 176 valence electrons. The lowest BCUT2D eigenvalue weighted by Crippen LogP contribution is -2.44. The van der Waals surface area contributed by atoms with E-state index in [0.717, 1.165) is 43.4 Å². The van der Waals surface area contributed by atoms with E-state index in [0.29, 0.717) is 29.5 Å². The number of anilines is 1. The molecule has 1 aliphatic rings. The zero-order valence-electron chi connectivity index (χ0n) is 19.1. The van der Waals surface area contributed by atoms with E-state index in [1.807, 2.05) is 23.9 Å². The smallest absolute Gasteiger partial charge is 0.297 e. The zero-order chi connectivity index (χ0) is 23.5. The van der Waals surface area contributed by atoms with Crippen molar-refractivity contribution >= 4 is 5.82 Å². The van der Waals surface area contributed by atoms with Crippen molar-refractivity contribution in [1.29, 1.82) is 0 Å². The van der Waals surface area contributed by atoms with E-state index in [9.17, 15) is 4.39 Å². The summed E-state index contributed by atoms with van der Waals surface area (Å²) in [5.41, 5.74) is 1.80. The number of benzene rings is 1. The Hall–Kier alpha value is -3.86. The maximum atomic E-state index is 12.3. The highest BCUT2D eigenvalue weighted by molar-refractivity contribution is 5.57. The monoisotopic (exact) mass is 464 g/mol. The number of halogens is 1. The van der Waals surface area contributed by atoms with Crippen LogP contribution in [-0.4, -0.2) is 74.9 Å². The predicted molar refractivity (Wildman–Crippen MR) is 123 cm³/mol. The highest BCUT2D eigenvalue weighted by Crippen LogP contribution is 2.23. The van der Waals surface area contributed by atoms with Gasteiger partial charge in [0.25, 0.3) is 5.89 Å². The third kappa shape index (κ3) is 4.74. The van der Waals surface area contributed by atoms with Gasteiger partial charge in [0, 0.05) is 37.9 Å². The first-order valence-corrected chi connectivity index (χ1v) is 11.0. The second kappa shape index (κ2) is 9.56. The van der Waals surface area contributed by atoms with Crippen molar-refractivity contribution in [1.82, 2.24) is 34.8 Å². The van der Waals surface area contributed by atoms with Gasteiger partial charge in [-0.25, -0.2) is 19.0 Å². The number of ether oxygens (including phenoxy) is 1. The number of pyridine rings is 1. The van der Waals surface area contributed by atoms with Crippen LogP contribution in [0.4, 0.5) is 10.2 Å². The van der Waals surface area contributed by atoms with Gasteiger partial charge in [-0.05, 0) is 55.9 Å². The molecule has 1 aliphatic heterocycles. The molecular weight excluding hydrogens is 439 g/mol. The minimum atomic E-state index is -0.879. The molecule has 11 heteroatoms. The van der Waals surface area contributed by atoms with E-state index < -0.39 is 6.86 Å². The van der Waals surface area contributed by atoms with Crippen LogP contribution in [0.3, 0.4) is 0 Å². The van der Waals surface area contributed by atoms with Crippen LogP contribution >= 0.6 is 0 Å². The Labute approximate surface area is 196 Å². The first kappa shape index (κ1) is 22.0. The molecule has 0 unspecified atom stereocenters. The predicted octanol–water partition coefficient (Wildman–Crippen LogP) is 2.80. The SMILES string of the molecule is Cc1nc(-c2nc(-c3ccc(OCF)cc3)no2)nn1Cc1ccnc(N2CCN(C)CC2)c1. The molecule has 0 atom stereocenters. The first-order chi connectivity index (χ1) is 16.6. The summed E-state index contributed by atoms with van der Waals surface area (Å²) < 4.78 is 24.3. The second-order valence-corrected chi connectivity index (χ2v) is 8.15. The maximum absolute atomic E-state index is 12.3. The third-order valence-corrected chi connectivity index (χ3v) is 5.78. The summed E-state index contributed by atoms with van der Waals surface area (Å²) in [6, 6.07) is 10.9. The number of aryl methyl sites for hydroxylation is 1. The molecule has 0 amide bonds. The number of aromatic nitrogens is 6. The molecule has 1 aromatic carbocycles. The van der Waals surface area contributed by atoms with Crippen molar-refractivity contribution in [3.63, 3.8) is 0 Å². The van der Waals surface area contributed by atoms with Crippen molar-refractivity contribution in [2.75, 3.05) is 45.0 Å². The number of rotatable bonds is 7. The highest BCUT2D eigenvalue weighted by atomic mass is 19.1. The molecule has 5 rings (SSSR count). The number of nitrogens with zero attached hydrogens (tertiary/aromatic N) is 8. The van der Waals surface area contributed by atoms with Gasteiger partial charge in [-0.3, -0.25) is 0 Å².